The van der Waals surface area contributed by atoms with Crippen LogP contribution in [0.5, 0.6) is 5.75 Å². The van der Waals surface area contributed by atoms with E-state index in [1.54, 1.807) is 12.1 Å². The predicted molar refractivity (Wildman–Crippen MR) is 78.3 cm³/mol. The van der Waals surface area contributed by atoms with E-state index in [1.807, 2.05) is 6.92 Å². The number of ether oxygens (including phenoxy) is 1. The zero-order chi connectivity index (χ0) is 15.0. The molecule has 0 amide bonds. The Morgan fingerprint density at radius 1 is 1.30 bits per heavy atom. The Balaban J connectivity index is 2.67. The monoisotopic (exact) mass is 301 g/mol. The van der Waals surface area contributed by atoms with Crippen molar-refractivity contribution in [2.24, 2.45) is 0 Å². The largest absolute Gasteiger partial charge is 0.491 e. The summed E-state index contributed by atoms with van der Waals surface area (Å²) < 4.78 is 32.1. The van der Waals surface area contributed by atoms with Crippen LogP contribution in [0.4, 0.5) is 0 Å². The molecule has 0 saturated carbocycles. The molecule has 1 unspecified atom stereocenters. The summed E-state index contributed by atoms with van der Waals surface area (Å²) in [5.74, 6) is 0.539. The molecule has 2 N–H and O–H groups in total. The molecule has 0 saturated heterocycles. The quantitative estimate of drug-likeness (QED) is 0.730. The Morgan fingerprint density at radius 2 is 1.95 bits per heavy atom. The van der Waals surface area contributed by atoms with Crippen LogP contribution in [0.25, 0.3) is 0 Å². The van der Waals surface area contributed by atoms with E-state index in [0.29, 0.717) is 5.75 Å². The van der Waals surface area contributed by atoms with Crippen LogP contribution in [0.1, 0.15) is 33.1 Å². The second kappa shape index (κ2) is 8.24. The SMILES string of the molecule is CCCCC(C)NS(=O)(=O)c1ccc(OCCO)cc1. The first-order chi connectivity index (χ1) is 9.49. The topological polar surface area (TPSA) is 75.6 Å². The third kappa shape index (κ3) is 5.48. The zero-order valence-corrected chi connectivity index (χ0v) is 12.8. The molecule has 0 heterocycles. The second-order valence-electron chi connectivity index (χ2n) is 4.71. The van der Waals surface area contributed by atoms with Crippen molar-refractivity contribution in [3.05, 3.63) is 24.3 Å². The number of benzene rings is 1. The number of aliphatic hydroxyl groups is 1. The van der Waals surface area contributed by atoms with Crippen molar-refractivity contribution in [1.29, 1.82) is 0 Å². The number of aliphatic hydroxyl groups excluding tert-OH is 1. The highest BCUT2D eigenvalue weighted by Gasteiger charge is 2.16. The highest BCUT2D eigenvalue weighted by Crippen LogP contribution is 2.16. The van der Waals surface area contributed by atoms with Gasteiger partial charge >= 0.3 is 0 Å². The summed E-state index contributed by atoms with van der Waals surface area (Å²) in [7, 11) is -3.48. The van der Waals surface area contributed by atoms with E-state index in [9.17, 15) is 8.42 Å². The molecule has 1 atom stereocenters. The summed E-state index contributed by atoms with van der Waals surface area (Å²) in [5, 5.41) is 8.65. The van der Waals surface area contributed by atoms with Gasteiger partial charge in [-0.05, 0) is 37.6 Å². The number of hydrogen-bond donors (Lipinski definition) is 2. The first-order valence-corrected chi connectivity index (χ1v) is 8.34. The smallest absolute Gasteiger partial charge is 0.240 e. The molecule has 0 aliphatic heterocycles. The molecule has 1 aromatic rings. The fourth-order valence-electron chi connectivity index (χ4n) is 1.78. The molecule has 1 rings (SSSR count). The molecule has 0 bridgehead atoms. The van der Waals surface area contributed by atoms with E-state index in [2.05, 4.69) is 11.6 Å². The van der Waals surface area contributed by atoms with Crippen LogP contribution < -0.4 is 9.46 Å². The van der Waals surface area contributed by atoms with Gasteiger partial charge in [0.15, 0.2) is 0 Å². The summed E-state index contributed by atoms with van der Waals surface area (Å²) in [4.78, 5) is 0.220. The van der Waals surface area contributed by atoms with E-state index in [0.717, 1.165) is 19.3 Å². The van der Waals surface area contributed by atoms with Crippen molar-refractivity contribution in [2.75, 3.05) is 13.2 Å². The number of unbranched alkanes of at least 4 members (excludes halogenated alkanes) is 1. The molecule has 20 heavy (non-hydrogen) atoms. The van der Waals surface area contributed by atoms with Gasteiger partial charge in [0, 0.05) is 6.04 Å². The standard InChI is InChI=1S/C14H23NO4S/c1-3-4-5-12(2)15-20(17,18)14-8-6-13(7-9-14)19-11-10-16/h6-9,12,15-16H,3-5,10-11H2,1-2H3. The van der Waals surface area contributed by atoms with Crippen LogP contribution in [0, 0.1) is 0 Å². The van der Waals surface area contributed by atoms with Gasteiger partial charge in [-0.3, -0.25) is 0 Å². The van der Waals surface area contributed by atoms with Crippen molar-refractivity contribution in [2.45, 2.75) is 44.0 Å². The molecule has 1 aromatic carbocycles. The van der Waals surface area contributed by atoms with Crippen LogP contribution in [0.2, 0.25) is 0 Å². The predicted octanol–water partition coefficient (Wildman–Crippen LogP) is 1.91. The molecule has 0 aliphatic carbocycles. The normalized spacial score (nSPS) is 13.2. The van der Waals surface area contributed by atoms with E-state index in [1.165, 1.54) is 12.1 Å². The Kier molecular flexibility index (Phi) is 6.98. The molecule has 6 heteroatoms. The fraction of sp³-hybridized carbons (Fsp3) is 0.571. The second-order valence-corrected chi connectivity index (χ2v) is 6.42. The van der Waals surface area contributed by atoms with Crippen molar-refractivity contribution < 1.29 is 18.3 Å². The van der Waals surface area contributed by atoms with Gasteiger partial charge in [-0.2, -0.15) is 0 Å². The third-order valence-corrected chi connectivity index (χ3v) is 4.45. The Labute approximate surface area is 121 Å². The van der Waals surface area contributed by atoms with Crippen molar-refractivity contribution in [1.82, 2.24) is 4.72 Å². The molecule has 0 aromatic heterocycles. The summed E-state index contributed by atoms with van der Waals surface area (Å²) >= 11 is 0. The first-order valence-electron chi connectivity index (χ1n) is 6.85. The molecule has 0 aliphatic rings. The van der Waals surface area contributed by atoms with Gasteiger partial charge in [0.2, 0.25) is 10.0 Å². The number of hydrogen-bond acceptors (Lipinski definition) is 4. The summed E-state index contributed by atoms with van der Waals surface area (Å²) in [6.45, 7) is 4.06. The van der Waals surface area contributed by atoms with E-state index < -0.39 is 10.0 Å². The van der Waals surface area contributed by atoms with Crippen molar-refractivity contribution in [3.8, 4) is 5.75 Å². The lowest BCUT2D eigenvalue weighted by Gasteiger charge is -2.14. The molecule has 0 radical (unpaired) electrons. The maximum absolute atomic E-state index is 12.1. The average molecular weight is 301 g/mol. The first kappa shape index (κ1) is 16.9. The molecule has 114 valence electrons. The fourth-order valence-corrected chi connectivity index (χ4v) is 3.06. The summed E-state index contributed by atoms with van der Waals surface area (Å²) in [5.41, 5.74) is 0. The third-order valence-electron chi connectivity index (χ3n) is 2.84. The molecule has 5 nitrogen and oxygen atoms in total. The molecule has 0 spiro atoms. The van der Waals surface area contributed by atoms with E-state index in [4.69, 9.17) is 9.84 Å². The Morgan fingerprint density at radius 3 is 2.50 bits per heavy atom. The highest BCUT2D eigenvalue weighted by atomic mass is 32.2. The Hall–Kier alpha value is -1.11. The van der Waals surface area contributed by atoms with Gasteiger partial charge in [0.05, 0.1) is 11.5 Å². The number of sulfonamides is 1. The minimum Gasteiger partial charge on any atom is -0.491 e. The van der Waals surface area contributed by atoms with Gasteiger partial charge in [-0.1, -0.05) is 19.8 Å². The van der Waals surface area contributed by atoms with Crippen LogP contribution in [-0.2, 0) is 10.0 Å². The lowest BCUT2D eigenvalue weighted by molar-refractivity contribution is 0.201. The minimum absolute atomic E-state index is 0.0729. The van der Waals surface area contributed by atoms with E-state index in [-0.39, 0.29) is 24.2 Å². The molecular formula is C14H23NO4S. The average Bonchev–Trinajstić information content (AvgIpc) is 2.43. The Bertz CT molecular complexity index is 484. The van der Waals surface area contributed by atoms with Crippen LogP contribution >= 0.6 is 0 Å². The van der Waals surface area contributed by atoms with E-state index >= 15 is 0 Å². The van der Waals surface area contributed by atoms with Gasteiger partial charge in [0.25, 0.3) is 0 Å². The number of rotatable bonds is 9. The maximum Gasteiger partial charge on any atom is 0.240 e. The van der Waals surface area contributed by atoms with Crippen LogP contribution in [0.15, 0.2) is 29.2 Å². The van der Waals surface area contributed by atoms with Gasteiger partial charge in [0.1, 0.15) is 12.4 Å². The summed E-state index contributed by atoms with van der Waals surface area (Å²) in [6.07, 6.45) is 2.87. The maximum atomic E-state index is 12.1. The van der Waals surface area contributed by atoms with Gasteiger partial charge < -0.3 is 9.84 Å². The number of nitrogens with one attached hydrogen (secondary N) is 1. The van der Waals surface area contributed by atoms with Crippen LogP contribution in [-0.4, -0.2) is 32.8 Å². The lowest BCUT2D eigenvalue weighted by atomic mass is 10.2. The summed E-state index contributed by atoms with van der Waals surface area (Å²) in [6, 6.07) is 6.09. The lowest BCUT2D eigenvalue weighted by Crippen LogP contribution is -2.32. The molecule has 0 fully saturated rings. The van der Waals surface area contributed by atoms with Crippen molar-refractivity contribution >= 4 is 10.0 Å². The highest BCUT2D eigenvalue weighted by molar-refractivity contribution is 7.89. The molecular weight excluding hydrogens is 278 g/mol. The van der Waals surface area contributed by atoms with Gasteiger partial charge in [-0.25, -0.2) is 13.1 Å². The zero-order valence-electron chi connectivity index (χ0n) is 12.0. The van der Waals surface area contributed by atoms with Crippen molar-refractivity contribution in [3.63, 3.8) is 0 Å². The van der Waals surface area contributed by atoms with Gasteiger partial charge in [-0.15, -0.1) is 0 Å². The minimum atomic E-state index is -3.48. The van der Waals surface area contributed by atoms with Crippen LogP contribution in [0.3, 0.4) is 0 Å².